The monoisotopic (exact) mass is 169 g/mol. The van der Waals surface area contributed by atoms with Crippen LogP contribution in [0.4, 0.5) is 0 Å². The number of methoxy groups -OCH3 is 2. The first-order valence-electron chi connectivity index (χ1n) is 3.37. The molecule has 0 fully saturated rings. The van der Waals surface area contributed by atoms with E-state index in [1.165, 1.54) is 14.2 Å². The zero-order valence-corrected chi connectivity index (χ0v) is 7.07. The Morgan fingerprint density at radius 2 is 2.17 bits per heavy atom. The van der Waals surface area contributed by atoms with Gasteiger partial charge in [-0.15, -0.1) is 0 Å². The predicted octanol–water partition coefficient (Wildman–Crippen LogP) is -0.112. The lowest BCUT2D eigenvalue weighted by molar-refractivity contribution is 0.140. The fourth-order valence-electron chi connectivity index (χ4n) is 0.880. The maximum Gasteiger partial charge on any atom is 0.223 e. The summed E-state index contributed by atoms with van der Waals surface area (Å²) < 4.78 is 9.89. The fourth-order valence-corrected chi connectivity index (χ4v) is 0.880. The van der Waals surface area contributed by atoms with Gasteiger partial charge in [-0.05, 0) is 0 Å². The maximum atomic E-state index is 5.39. The molecule has 1 aliphatic rings. The number of aliphatic imine (C=N–C) groups is 2. The number of nitrogens with two attached hydrogens (primary N) is 1. The molecule has 12 heavy (non-hydrogen) atoms. The fraction of sp³-hybridized carbons (Fsp3) is 0.429. The van der Waals surface area contributed by atoms with Gasteiger partial charge in [0, 0.05) is 7.11 Å². The van der Waals surface area contributed by atoms with Crippen molar-refractivity contribution in [3.8, 4) is 0 Å². The van der Waals surface area contributed by atoms with E-state index in [2.05, 4.69) is 16.6 Å². The summed E-state index contributed by atoms with van der Waals surface area (Å²) in [6.45, 7) is 3.71. The molecule has 0 aromatic carbocycles. The van der Waals surface area contributed by atoms with E-state index in [1.807, 2.05) is 0 Å². The molecule has 1 atom stereocenters. The summed E-state index contributed by atoms with van der Waals surface area (Å²) in [5.74, 6) is 0.514. The first-order valence-corrected chi connectivity index (χ1v) is 3.37. The largest absolute Gasteiger partial charge is 0.481 e. The molecule has 1 heterocycles. The molecular weight excluding hydrogens is 158 g/mol. The minimum atomic E-state index is -0.475. The van der Waals surface area contributed by atoms with Crippen LogP contribution in [-0.2, 0) is 9.47 Å². The number of ether oxygens (including phenoxy) is 2. The highest BCUT2D eigenvalue weighted by Crippen LogP contribution is 2.12. The molecule has 1 aliphatic heterocycles. The standard InChI is InChI=1S/C7H11N3O2/c1-4-5(11-2)9-7(8)10-6(4)12-3/h5H,1H2,2-3H3,(H2,8,9). The molecule has 1 rings (SSSR count). The molecule has 0 aromatic heterocycles. The van der Waals surface area contributed by atoms with E-state index in [0.717, 1.165) is 0 Å². The Hall–Kier alpha value is -1.36. The van der Waals surface area contributed by atoms with Gasteiger partial charge < -0.3 is 15.2 Å². The van der Waals surface area contributed by atoms with Crippen molar-refractivity contribution in [2.24, 2.45) is 15.7 Å². The molecule has 1 unspecified atom stereocenters. The molecular formula is C7H11N3O2. The SMILES string of the molecule is C=C1C(OC)=NC(N)=NC1OC. The summed E-state index contributed by atoms with van der Waals surface area (Å²) in [4.78, 5) is 7.71. The van der Waals surface area contributed by atoms with E-state index >= 15 is 0 Å². The minimum Gasteiger partial charge on any atom is -0.481 e. The minimum absolute atomic E-state index is 0.145. The highest BCUT2D eigenvalue weighted by Gasteiger charge is 2.21. The quantitative estimate of drug-likeness (QED) is 0.595. The second-order valence-electron chi connectivity index (χ2n) is 2.22. The van der Waals surface area contributed by atoms with Gasteiger partial charge in [0.15, 0.2) is 6.23 Å². The Labute approximate surface area is 70.6 Å². The van der Waals surface area contributed by atoms with Crippen LogP contribution in [0.1, 0.15) is 0 Å². The van der Waals surface area contributed by atoms with Crippen molar-refractivity contribution < 1.29 is 9.47 Å². The number of hydrogen-bond donors (Lipinski definition) is 1. The van der Waals surface area contributed by atoms with Crippen molar-refractivity contribution in [1.82, 2.24) is 0 Å². The van der Waals surface area contributed by atoms with Crippen molar-refractivity contribution in [3.05, 3.63) is 12.2 Å². The Morgan fingerprint density at radius 1 is 1.50 bits per heavy atom. The number of rotatable bonds is 1. The van der Waals surface area contributed by atoms with E-state index in [1.54, 1.807) is 0 Å². The van der Waals surface area contributed by atoms with Crippen LogP contribution in [0.3, 0.4) is 0 Å². The van der Waals surface area contributed by atoms with E-state index in [0.29, 0.717) is 11.5 Å². The predicted molar refractivity (Wildman–Crippen MR) is 46.0 cm³/mol. The summed E-state index contributed by atoms with van der Waals surface area (Å²) in [5.41, 5.74) is 5.97. The lowest BCUT2D eigenvalue weighted by Crippen LogP contribution is -2.29. The third-order valence-corrected chi connectivity index (χ3v) is 1.46. The average Bonchev–Trinajstić information content (AvgIpc) is 2.08. The summed E-state index contributed by atoms with van der Waals surface area (Å²) in [6.07, 6.45) is -0.475. The van der Waals surface area contributed by atoms with Gasteiger partial charge in [-0.1, -0.05) is 6.58 Å². The van der Waals surface area contributed by atoms with Crippen molar-refractivity contribution in [1.29, 1.82) is 0 Å². The van der Waals surface area contributed by atoms with Crippen molar-refractivity contribution in [2.75, 3.05) is 14.2 Å². The normalized spacial score (nSPS) is 23.2. The van der Waals surface area contributed by atoms with Gasteiger partial charge in [0.25, 0.3) is 0 Å². The molecule has 0 aliphatic carbocycles. The highest BCUT2D eigenvalue weighted by atomic mass is 16.5. The third-order valence-electron chi connectivity index (χ3n) is 1.46. The van der Waals surface area contributed by atoms with Crippen LogP contribution < -0.4 is 5.73 Å². The highest BCUT2D eigenvalue weighted by molar-refractivity contribution is 6.04. The smallest absolute Gasteiger partial charge is 0.223 e. The number of guanidine groups is 1. The van der Waals surface area contributed by atoms with Crippen molar-refractivity contribution in [3.63, 3.8) is 0 Å². The molecule has 5 heteroatoms. The van der Waals surface area contributed by atoms with Gasteiger partial charge in [0.1, 0.15) is 0 Å². The first-order chi connectivity index (χ1) is 5.69. The molecule has 0 saturated carbocycles. The van der Waals surface area contributed by atoms with Gasteiger partial charge in [0.05, 0.1) is 12.7 Å². The van der Waals surface area contributed by atoms with Gasteiger partial charge in [-0.25, -0.2) is 4.99 Å². The van der Waals surface area contributed by atoms with E-state index < -0.39 is 6.23 Å². The van der Waals surface area contributed by atoms with E-state index in [-0.39, 0.29) is 5.96 Å². The summed E-state index contributed by atoms with van der Waals surface area (Å²) in [7, 11) is 3.01. The van der Waals surface area contributed by atoms with E-state index in [9.17, 15) is 0 Å². The maximum absolute atomic E-state index is 5.39. The average molecular weight is 169 g/mol. The van der Waals surface area contributed by atoms with Crippen LogP contribution in [0, 0.1) is 0 Å². The molecule has 0 spiro atoms. The molecule has 2 N–H and O–H groups in total. The first kappa shape index (κ1) is 8.73. The number of hydrogen-bond acceptors (Lipinski definition) is 5. The zero-order chi connectivity index (χ0) is 9.14. The van der Waals surface area contributed by atoms with E-state index in [4.69, 9.17) is 15.2 Å². The lowest BCUT2D eigenvalue weighted by Gasteiger charge is -2.18. The van der Waals surface area contributed by atoms with Gasteiger partial charge in [-0.3, -0.25) is 0 Å². The Balaban J connectivity index is 2.91. The Kier molecular flexibility index (Phi) is 2.44. The summed E-state index contributed by atoms with van der Waals surface area (Å²) >= 11 is 0. The number of nitrogens with zero attached hydrogens (tertiary/aromatic N) is 2. The molecule has 0 radical (unpaired) electrons. The van der Waals surface area contributed by atoms with Crippen molar-refractivity contribution >= 4 is 11.9 Å². The molecule has 5 nitrogen and oxygen atoms in total. The van der Waals surface area contributed by atoms with Gasteiger partial charge in [0.2, 0.25) is 11.9 Å². The summed E-state index contributed by atoms with van der Waals surface area (Å²) in [5, 5.41) is 0. The lowest BCUT2D eigenvalue weighted by atomic mass is 10.2. The third kappa shape index (κ3) is 1.45. The van der Waals surface area contributed by atoms with Crippen LogP contribution >= 0.6 is 0 Å². The van der Waals surface area contributed by atoms with Crippen LogP contribution in [-0.4, -0.2) is 32.3 Å². The second-order valence-corrected chi connectivity index (χ2v) is 2.22. The van der Waals surface area contributed by atoms with Gasteiger partial charge in [-0.2, -0.15) is 4.99 Å². The zero-order valence-electron chi connectivity index (χ0n) is 7.07. The van der Waals surface area contributed by atoms with Crippen LogP contribution in [0.15, 0.2) is 22.1 Å². The molecule has 0 amide bonds. The Bertz CT molecular complexity index is 257. The topological polar surface area (TPSA) is 69.2 Å². The summed E-state index contributed by atoms with van der Waals surface area (Å²) in [6, 6.07) is 0. The molecule has 0 saturated heterocycles. The molecule has 0 bridgehead atoms. The van der Waals surface area contributed by atoms with Crippen LogP contribution in [0.5, 0.6) is 0 Å². The van der Waals surface area contributed by atoms with Crippen molar-refractivity contribution in [2.45, 2.75) is 6.23 Å². The van der Waals surface area contributed by atoms with Crippen LogP contribution in [0.2, 0.25) is 0 Å². The molecule has 66 valence electrons. The molecule has 0 aromatic rings. The Morgan fingerprint density at radius 3 is 2.67 bits per heavy atom. The van der Waals surface area contributed by atoms with Crippen LogP contribution in [0.25, 0.3) is 0 Å². The second kappa shape index (κ2) is 3.36. The van der Waals surface area contributed by atoms with Gasteiger partial charge >= 0.3 is 0 Å².